The molecule has 0 spiro atoms. The first-order valence-corrected chi connectivity index (χ1v) is 8.12. The topological polar surface area (TPSA) is 41.1 Å². The van der Waals surface area contributed by atoms with E-state index in [1.54, 1.807) is 0 Å². The van der Waals surface area contributed by atoms with Crippen LogP contribution in [0, 0.1) is 11.8 Å². The molecule has 20 heavy (non-hydrogen) atoms. The van der Waals surface area contributed by atoms with Crippen LogP contribution in [0.1, 0.15) is 44.7 Å². The van der Waals surface area contributed by atoms with Crippen molar-refractivity contribution in [1.29, 1.82) is 0 Å². The van der Waals surface area contributed by atoms with Gasteiger partial charge in [-0.05, 0) is 38.1 Å². The summed E-state index contributed by atoms with van der Waals surface area (Å²) in [4.78, 5) is 11.5. The third kappa shape index (κ3) is 3.29. The number of nitrogens with one attached hydrogen (secondary N) is 1. The van der Waals surface area contributed by atoms with E-state index < -0.39 is 0 Å². The molecule has 2 unspecified atom stereocenters. The summed E-state index contributed by atoms with van der Waals surface area (Å²) in [6.45, 7) is 6.43. The van der Waals surface area contributed by atoms with Crippen LogP contribution in [0.3, 0.4) is 0 Å². The predicted octanol–water partition coefficient (Wildman–Crippen LogP) is 2.92. The molecule has 2 heterocycles. The second-order valence-electron chi connectivity index (χ2n) is 6.25. The SMILES string of the molecule is CCNc1cnc(CN2CCC3CCCCC3C2)cn1. The maximum Gasteiger partial charge on any atom is 0.144 e. The van der Waals surface area contributed by atoms with Crippen LogP contribution in [0.25, 0.3) is 0 Å². The standard InChI is InChI=1S/C16H26N4/c1-2-17-16-10-18-15(9-19-16)12-20-8-7-13-5-3-4-6-14(13)11-20/h9-10,13-14H,2-8,11-12H2,1H3,(H,17,19). The molecule has 2 aliphatic rings. The van der Waals surface area contributed by atoms with E-state index in [0.29, 0.717) is 0 Å². The van der Waals surface area contributed by atoms with Crippen LogP contribution in [0.4, 0.5) is 5.82 Å². The van der Waals surface area contributed by atoms with E-state index in [2.05, 4.69) is 27.1 Å². The second-order valence-corrected chi connectivity index (χ2v) is 6.25. The van der Waals surface area contributed by atoms with Crippen LogP contribution in [0.15, 0.2) is 12.4 Å². The first kappa shape index (κ1) is 13.8. The molecule has 4 heteroatoms. The Bertz CT molecular complexity index is 417. The van der Waals surface area contributed by atoms with Crippen molar-refractivity contribution in [2.24, 2.45) is 11.8 Å². The molecule has 1 aliphatic carbocycles. The summed E-state index contributed by atoms with van der Waals surface area (Å²) in [5.41, 5.74) is 1.10. The number of fused-ring (bicyclic) bond motifs is 1. The van der Waals surface area contributed by atoms with E-state index in [1.165, 1.54) is 45.2 Å². The summed E-state index contributed by atoms with van der Waals surface area (Å²) >= 11 is 0. The molecule has 1 aromatic heterocycles. The third-order valence-corrected chi connectivity index (χ3v) is 4.82. The zero-order valence-electron chi connectivity index (χ0n) is 12.5. The Balaban J connectivity index is 1.55. The molecular weight excluding hydrogens is 248 g/mol. The first-order chi connectivity index (χ1) is 9.85. The lowest BCUT2D eigenvalue weighted by atomic mass is 9.75. The molecule has 1 N–H and O–H groups in total. The van der Waals surface area contributed by atoms with E-state index in [-0.39, 0.29) is 0 Å². The van der Waals surface area contributed by atoms with Gasteiger partial charge < -0.3 is 5.32 Å². The summed E-state index contributed by atoms with van der Waals surface area (Å²) in [6.07, 6.45) is 11.0. The van der Waals surface area contributed by atoms with E-state index >= 15 is 0 Å². The van der Waals surface area contributed by atoms with Crippen molar-refractivity contribution in [2.75, 3.05) is 25.0 Å². The van der Waals surface area contributed by atoms with Gasteiger partial charge in [-0.1, -0.05) is 19.3 Å². The van der Waals surface area contributed by atoms with Crippen molar-refractivity contribution < 1.29 is 0 Å². The van der Waals surface area contributed by atoms with Crippen molar-refractivity contribution in [3.63, 3.8) is 0 Å². The Morgan fingerprint density at radius 3 is 2.75 bits per heavy atom. The summed E-state index contributed by atoms with van der Waals surface area (Å²) in [6, 6.07) is 0. The summed E-state index contributed by atoms with van der Waals surface area (Å²) in [5, 5.41) is 3.19. The Hall–Kier alpha value is -1.16. The Morgan fingerprint density at radius 1 is 1.15 bits per heavy atom. The molecule has 4 nitrogen and oxygen atoms in total. The highest BCUT2D eigenvalue weighted by Crippen LogP contribution is 2.36. The molecule has 2 fully saturated rings. The molecule has 3 rings (SSSR count). The summed E-state index contributed by atoms with van der Waals surface area (Å²) < 4.78 is 0. The monoisotopic (exact) mass is 274 g/mol. The quantitative estimate of drug-likeness (QED) is 0.916. The lowest BCUT2D eigenvalue weighted by Gasteiger charge is -2.41. The molecule has 2 atom stereocenters. The zero-order chi connectivity index (χ0) is 13.8. The van der Waals surface area contributed by atoms with Gasteiger partial charge in [0.05, 0.1) is 18.1 Å². The van der Waals surface area contributed by atoms with E-state index in [1.807, 2.05) is 12.4 Å². The van der Waals surface area contributed by atoms with E-state index in [4.69, 9.17) is 0 Å². The fraction of sp³-hybridized carbons (Fsp3) is 0.750. The fourth-order valence-corrected chi connectivity index (χ4v) is 3.76. The number of hydrogen-bond acceptors (Lipinski definition) is 4. The van der Waals surface area contributed by atoms with Crippen molar-refractivity contribution >= 4 is 5.82 Å². The fourth-order valence-electron chi connectivity index (χ4n) is 3.76. The molecule has 0 radical (unpaired) electrons. The van der Waals surface area contributed by atoms with Gasteiger partial charge in [-0.3, -0.25) is 9.88 Å². The van der Waals surface area contributed by atoms with Gasteiger partial charge >= 0.3 is 0 Å². The molecule has 0 bridgehead atoms. The Labute approximate surface area is 122 Å². The van der Waals surface area contributed by atoms with Crippen LogP contribution in [-0.4, -0.2) is 34.5 Å². The van der Waals surface area contributed by atoms with Crippen molar-refractivity contribution in [2.45, 2.75) is 45.6 Å². The predicted molar refractivity (Wildman–Crippen MR) is 81.5 cm³/mol. The van der Waals surface area contributed by atoms with Crippen molar-refractivity contribution in [3.05, 3.63) is 18.1 Å². The van der Waals surface area contributed by atoms with E-state index in [0.717, 1.165) is 36.4 Å². The van der Waals surface area contributed by atoms with Gasteiger partial charge in [0.2, 0.25) is 0 Å². The zero-order valence-corrected chi connectivity index (χ0v) is 12.5. The minimum absolute atomic E-state index is 0.877. The van der Waals surface area contributed by atoms with Crippen LogP contribution in [0.2, 0.25) is 0 Å². The number of nitrogens with zero attached hydrogens (tertiary/aromatic N) is 3. The average Bonchev–Trinajstić information content (AvgIpc) is 2.49. The smallest absolute Gasteiger partial charge is 0.144 e. The van der Waals surface area contributed by atoms with E-state index in [9.17, 15) is 0 Å². The molecule has 1 aliphatic heterocycles. The first-order valence-electron chi connectivity index (χ1n) is 8.12. The van der Waals surface area contributed by atoms with Crippen LogP contribution in [0.5, 0.6) is 0 Å². The molecule has 0 amide bonds. The van der Waals surface area contributed by atoms with Crippen molar-refractivity contribution in [1.82, 2.24) is 14.9 Å². The number of piperidine rings is 1. The van der Waals surface area contributed by atoms with Gasteiger partial charge in [0.1, 0.15) is 5.82 Å². The minimum Gasteiger partial charge on any atom is -0.369 e. The number of anilines is 1. The molecular formula is C16H26N4. The van der Waals surface area contributed by atoms with Gasteiger partial charge in [-0.2, -0.15) is 0 Å². The second kappa shape index (κ2) is 6.53. The highest BCUT2D eigenvalue weighted by molar-refractivity contribution is 5.30. The van der Waals surface area contributed by atoms with Gasteiger partial charge in [0.25, 0.3) is 0 Å². The summed E-state index contributed by atoms with van der Waals surface area (Å²) in [7, 11) is 0. The van der Waals surface area contributed by atoms with Gasteiger partial charge in [-0.25, -0.2) is 4.98 Å². The normalized spacial score (nSPS) is 27.1. The number of hydrogen-bond donors (Lipinski definition) is 1. The van der Waals surface area contributed by atoms with Gasteiger partial charge in [0, 0.05) is 19.6 Å². The number of rotatable bonds is 4. The molecule has 110 valence electrons. The summed E-state index contributed by atoms with van der Waals surface area (Å²) in [5.74, 6) is 2.82. The van der Waals surface area contributed by atoms with Crippen LogP contribution < -0.4 is 5.32 Å². The molecule has 1 aromatic rings. The third-order valence-electron chi connectivity index (χ3n) is 4.82. The van der Waals surface area contributed by atoms with Gasteiger partial charge in [0.15, 0.2) is 0 Å². The molecule has 0 aromatic carbocycles. The Morgan fingerprint density at radius 2 is 2.00 bits per heavy atom. The lowest BCUT2D eigenvalue weighted by Crippen LogP contribution is -2.41. The largest absolute Gasteiger partial charge is 0.369 e. The van der Waals surface area contributed by atoms with Gasteiger partial charge in [-0.15, -0.1) is 0 Å². The Kier molecular flexibility index (Phi) is 4.51. The van der Waals surface area contributed by atoms with Crippen LogP contribution >= 0.6 is 0 Å². The van der Waals surface area contributed by atoms with Crippen molar-refractivity contribution in [3.8, 4) is 0 Å². The maximum atomic E-state index is 4.53. The molecule has 1 saturated carbocycles. The highest BCUT2D eigenvalue weighted by atomic mass is 15.1. The lowest BCUT2D eigenvalue weighted by molar-refractivity contribution is 0.0811. The average molecular weight is 274 g/mol. The maximum absolute atomic E-state index is 4.53. The van der Waals surface area contributed by atoms with Crippen LogP contribution in [-0.2, 0) is 6.54 Å². The number of aromatic nitrogens is 2. The number of likely N-dealkylation sites (tertiary alicyclic amines) is 1. The minimum atomic E-state index is 0.877. The highest BCUT2D eigenvalue weighted by Gasteiger charge is 2.30. The molecule has 1 saturated heterocycles.